The summed E-state index contributed by atoms with van der Waals surface area (Å²) in [6, 6.07) is 18.0. The Kier molecular flexibility index (Phi) is 3.68. The van der Waals surface area contributed by atoms with Gasteiger partial charge in [-0.05, 0) is 23.7 Å². The van der Waals surface area contributed by atoms with Gasteiger partial charge in [-0.15, -0.1) is 0 Å². The molecule has 86 valence electrons. The van der Waals surface area contributed by atoms with Crippen molar-refractivity contribution >= 4 is 6.29 Å². The zero-order valence-corrected chi connectivity index (χ0v) is 9.76. The molecule has 0 amide bonds. The van der Waals surface area contributed by atoms with Crippen molar-refractivity contribution in [1.29, 1.82) is 0 Å². The molecule has 0 aliphatic rings. The van der Waals surface area contributed by atoms with Crippen LogP contribution >= 0.6 is 0 Å². The van der Waals surface area contributed by atoms with Gasteiger partial charge in [0.15, 0.2) is 0 Å². The largest absolute Gasteiger partial charge is 0.307 e. The van der Waals surface area contributed by atoms with Gasteiger partial charge in [0.25, 0.3) is 0 Å². The summed E-state index contributed by atoms with van der Waals surface area (Å²) < 4.78 is 0. The number of likely N-dealkylation sites (N-methyl/N-ethyl adjacent to an activating group) is 1. The van der Waals surface area contributed by atoms with E-state index in [-0.39, 0.29) is 6.04 Å². The standard InChI is InChI=1S/C15H15NO/c1-16-15(11-17)14-9-7-13(8-10-14)12-5-3-2-4-6-12/h2-11,15-16H,1H3. The van der Waals surface area contributed by atoms with Crippen LogP contribution in [0.15, 0.2) is 54.6 Å². The van der Waals surface area contributed by atoms with Crippen molar-refractivity contribution < 1.29 is 4.79 Å². The van der Waals surface area contributed by atoms with Crippen LogP contribution in [-0.2, 0) is 4.79 Å². The number of rotatable bonds is 4. The molecule has 0 radical (unpaired) electrons. The molecular formula is C15H15NO. The lowest BCUT2D eigenvalue weighted by molar-refractivity contribution is -0.109. The summed E-state index contributed by atoms with van der Waals surface area (Å²) in [5.74, 6) is 0. The Hall–Kier alpha value is -1.93. The molecule has 2 aromatic rings. The van der Waals surface area contributed by atoms with Crippen molar-refractivity contribution in [2.45, 2.75) is 6.04 Å². The molecule has 0 aromatic heterocycles. The highest BCUT2D eigenvalue weighted by atomic mass is 16.1. The van der Waals surface area contributed by atoms with E-state index in [1.54, 1.807) is 7.05 Å². The first-order valence-corrected chi connectivity index (χ1v) is 5.63. The van der Waals surface area contributed by atoms with E-state index in [2.05, 4.69) is 17.4 Å². The van der Waals surface area contributed by atoms with E-state index in [1.807, 2.05) is 42.5 Å². The number of benzene rings is 2. The van der Waals surface area contributed by atoms with E-state index < -0.39 is 0 Å². The molecule has 1 unspecified atom stereocenters. The summed E-state index contributed by atoms with van der Waals surface area (Å²) >= 11 is 0. The van der Waals surface area contributed by atoms with Crippen molar-refractivity contribution in [3.05, 3.63) is 60.2 Å². The van der Waals surface area contributed by atoms with Crippen LogP contribution in [0.5, 0.6) is 0 Å². The second-order valence-electron chi connectivity index (χ2n) is 3.89. The number of aldehydes is 1. The van der Waals surface area contributed by atoms with Crippen molar-refractivity contribution in [3.63, 3.8) is 0 Å². The molecule has 0 aliphatic heterocycles. The van der Waals surface area contributed by atoms with E-state index in [0.717, 1.165) is 17.4 Å². The van der Waals surface area contributed by atoms with Gasteiger partial charge < -0.3 is 10.1 Å². The van der Waals surface area contributed by atoms with Crippen LogP contribution in [0.25, 0.3) is 11.1 Å². The molecular weight excluding hydrogens is 210 g/mol. The monoisotopic (exact) mass is 225 g/mol. The Balaban J connectivity index is 2.27. The van der Waals surface area contributed by atoms with Crippen LogP contribution in [0.4, 0.5) is 0 Å². The molecule has 2 nitrogen and oxygen atoms in total. The van der Waals surface area contributed by atoms with Crippen molar-refractivity contribution in [1.82, 2.24) is 5.32 Å². The lowest BCUT2D eigenvalue weighted by atomic mass is 10.0. The van der Waals surface area contributed by atoms with Crippen LogP contribution in [0.2, 0.25) is 0 Å². The van der Waals surface area contributed by atoms with Gasteiger partial charge in [-0.25, -0.2) is 0 Å². The highest BCUT2D eigenvalue weighted by Gasteiger charge is 2.06. The van der Waals surface area contributed by atoms with E-state index in [1.165, 1.54) is 5.56 Å². The second-order valence-corrected chi connectivity index (χ2v) is 3.89. The van der Waals surface area contributed by atoms with E-state index in [4.69, 9.17) is 0 Å². The van der Waals surface area contributed by atoms with Gasteiger partial charge in [0, 0.05) is 0 Å². The molecule has 2 aromatic carbocycles. The van der Waals surface area contributed by atoms with Crippen LogP contribution in [0.1, 0.15) is 11.6 Å². The molecule has 0 bridgehead atoms. The fourth-order valence-corrected chi connectivity index (χ4v) is 1.83. The molecule has 1 N–H and O–H groups in total. The predicted octanol–water partition coefficient (Wildman–Crippen LogP) is 2.81. The Morgan fingerprint density at radius 2 is 1.53 bits per heavy atom. The summed E-state index contributed by atoms with van der Waals surface area (Å²) in [6.45, 7) is 0. The molecule has 0 spiro atoms. The van der Waals surface area contributed by atoms with Crippen LogP contribution in [-0.4, -0.2) is 13.3 Å². The maximum atomic E-state index is 10.8. The summed E-state index contributed by atoms with van der Waals surface area (Å²) in [4.78, 5) is 10.8. The average molecular weight is 225 g/mol. The molecule has 0 heterocycles. The minimum absolute atomic E-state index is 0.222. The summed E-state index contributed by atoms with van der Waals surface area (Å²) in [7, 11) is 1.78. The zero-order chi connectivity index (χ0) is 12.1. The van der Waals surface area contributed by atoms with Gasteiger partial charge in [0.2, 0.25) is 0 Å². The molecule has 17 heavy (non-hydrogen) atoms. The number of carbonyl (C=O) groups is 1. The third-order valence-corrected chi connectivity index (χ3v) is 2.82. The minimum atomic E-state index is -0.222. The molecule has 1 atom stereocenters. The van der Waals surface area contributed by atoms with Gasteiger partial charge in [-0.2, -0.15) is 0 Å². The molecule has 0 aliphatic carbocycles. The molecule has 0 saturated heterocycles. The first kappa shape index (κ1) is 11.6. The summed E-state index contributed by atoms with van der Waals surface area (Å²) in [5.41, 5.74) is 3.34. The second kappa shape index (κ2) is 5.41. The highest BCUT2D eigenvalue weighted by molar-refractivity contribution is 5.66. The Labute approximate surface area is 101 Å². The molecule has 2 heteroatoms. The van der Waals surface area contributed by atoms with Crippen molar-refractivity contribution in [3.8, 4) is 11.1 Å². The molecule has 2 rings (SSSR count). The van der Waals surface area contributed by atoms with Gasteiger partial charge >= 0.3 is 0 Å². The Bertz CT molecular complexity index is 476. The smallest absolute Gasteiger partial charge is 0.141 e. The molecule has 0 fully saturated rings. The Morgan fingerprint density at radius 1 is 0.941 bits per heavy atom. The van der Waals surface area contributed by atoms with Gasteiger partial charge in [0.1, 0.15) is 6.29 Å². The van der Waals surface area contributed by atoms with Gasteiger partial charge in [0.05, 0.1) is 6.04 Å². The van der Waals surface area contributed by atoms with Crippen LogP contribution < -0.4 is 5.32 Å². The fraction of sp³-hybridized carbons (Fsp3) is 0.133. The topological polar surface area (TPSA) is 29.1 Å². The number of carbonyl (C=O) groups excluding carboxylic acids is 1. The lowest BCUT2D eigenvalue weighted by Crippen LogP contribution is -2.17. The maximum Gasteiger partial charge on any atom is 0.141 e. The normalized spacial score (nSPS) is 12.1. The van der Waals surface area contributed by atoms with Gasteiger partial charge in [-0.1, -0.05) is 54.6 Å². The van der Waals surface area contributed by atoms with E-state index >= 15 is 0 Å². The van der Waals surface area contributed by atoms with Gasteiger partial charge in [-0.3, -0.25) is 0 Å². The summed E-state index contributed by atoms with van der Waals surface area (Å²) in [6.07, 6.45) is 0.914. The quantitative estimate of drug-likeness (QED) is 0.811. The number of hydrogen-bond acceptors (Lipinski definition) is 2. The lowest BCUT2D eigenvalue weighted by Gasteiger charge is -2.10. The molecule has 0 saturated carbocycles. The highest BCUT2D eigenvalue weighted by Crippen LogP contribution is 2.21. The maximum absolute atomic E-state index is 10.8. The number of hydrogen-bond donors (Lipinski definition) is 1. The average Bonchev–Trinajstić information content (AvgIpc) is 2.42. The van der Waals surface area contributed by atoms with E-state index in [0.29, 0.717) is 0 Å². The summed E-state index contributed by atoms with van der Waals surface area (Å²) in [5, 5.41) is 2.96. The van der Waals surface area contributed by atoms with Crippen molar-refractivity contribution in [2.24, 2.45) is 0 Å². The van der Waals surface area contributed by atoms with Crippen molar-refractivity contribution in [2.75, 3.05) is 7.05 Å². The first-order chi connectivity index (χ1) is 8.35. The third kappa shape index (κ3) is 2.60. The van der Waals surface area contributed by atoms with Crippen LogP contribution in [0, 0.1) is 0 Å². The predicted molar refractivity (Wildman–Crippen MR) is 69.7 cm³/mol. The minimum Gasteiger partial charge on any atom is -0.307 e. The fourth-order valence-electron chi connectivity index (χ4n) is 1.83. The van der Waals surface area contributed by atoms with E-state index in [9.17, 15) is 4.79 Å². The third-order valence-electron chi connectivity index (χ3n) is 2.82. The van der Waals surface area contributed by atoms with Crippen LogP contribution in [0.3, 0.4) is 0 Å². The zero-order valence-electron chi connectivity index (χ0n) is 9.76. The SMILES string of the molecule is CNC(C=O)c1ccc(-c2ccccc2)cc1. The number of nitrogens with one attached hydrogen (secondary N) is 1. The Morgan fingerprint density at radius 3 is 2.06 bits per heavy atom. The first-order valence-electron chi connectivity index (χ1n) is 5.63.